The Labute approximate surface area is 103 Å². The first-order valence-corrected chi connectivity index (χ1v) is 7.78. The average Bonchev–Trinajstić information content (AvgIpc) is 3.12. The number of rotatable bonds is 4. The summed E-state index contributed by atoms with van der Waals surface area (Å²) in [5, 5.41) is 0. The Morgan fingerprint density at radius 3 is 2.25 bits per heavy atom. The highest BCUT2D eigenvalue weighted by atomic mass is 35.5. The molecule has 0 unspecified atom stereocenters. The Morgan fingerprint density at radius 1 is 1.25 bits per heavy atom. The molecule has 2 aliphatic rings. The lowest BCUT2D eigenvalue weighted by atomic mass is 10.0. The molecule has 2 fully saturated rings. The van der Waals surface area contributed by atoms with Crippen LogP contribution in [0.15, 0.2) is 0 Å². The number of alkyl halides is 1. The molecule has 0 aromatic heterocycles. The average molecular weight is 267 g/mol. The Morgan fingerprint density at radius 2 is 1.81 bits per heavy atom. The SMILES string of the molecule is CN(C1CC1)S(=O)(=O)N1CCC(CCl)CC1. The minimum absolute atomic E-state index is 0.246. The van der Waals surface area contributed by atoms with E-state index in [1.54, 1.807) is 11.4 Å². The molecule has 1 aliphatic carbocycles. The summed E-state index contributed by atoms with van der Waals surface area (Å²) >= 11 is 5.79. The van der Waals surface area contributed by atoms with Gasteiger partial charge in [-0.3, -0.25) is 0 Å². The van der Waals surface area contributed by atoms with Gasteiger partial charge < -0.3 is 0 Å². The van der Waals surface area contributed by atoms with E-state index in [1.807, 2.05) is 0 Å². The minimum atomic E-state index is -3.21. The van der Waals surface area contributed by atoms with Gasteiger partial charge in [0.05, 0.1) is 0 Å². The van der Waals surface area contributed by atoms with Crippen LogP contribution in [-0.2, 0) is 10.2 Å². The van der Waals surface area contributed by atoms with Crippen LogP contribution < -0.4 is 0 Å². The number of hydrogen-bond donors (Lipinski definition) is 0. The third-order valence-electron chi connectivity index (χ3n) is 3.54. The summed E-state index contributed by atoms with van der Waals surface area (Å²) in [7, 11) is -1.51. The normalized spacial score (nSPS) is 25.2. The van der Waals surface area contributed by atoms with Crippen molar-refractivity contribution in [3.8, 4) is 0 Å². The molecule has 16 heavy (non-hydrogen) atoms. The molecule has 1 saturated heterocycles. The van der Waals surface area contributed by atoms with Gasteiger partial charge in [0.1, 0.15) is 0 Å². The maximum absolute atomic E-state index is 12.2. The second kappa shape index (κ2) is 4.80. The molecule has 0 aromatic rings. The van der Waals surface area contributed by atoms with Gasteiger partial charge in [-0.05, 0) is 31.6 Å². The molecular formula is C10H19ClN2O2S. The monoisotopic (exact) mass is 266 g/mol. The fraction of sp³-hybridized carbons (Fsp3) is 1.00. The van der Waals surface area contributed by atoms with Gasteiger partial charge in [-0.25, -0.2) is 0 Å². The van der Waals surface area contributed by atoms with Gasteiger partial charge in [0.25, 0.3) is 10.2 Å². The van der Waals surface area contributed by atoms with E-state index < -0.39 is 10.2 Å². The predicted octanol–water partition coefficient (Wildman–Crippen LogP) is 1.28. The summed E-state index contributed by atoms with van der Waals surface area (Å²) in [5.74, 6) is 1.13. The molecule has 94 valence electrons. The van der Waals surface area contributed by atoms with Gasteiger partial charge in [-0.15, -0.1) is 11.6 Å². The maximum Gasteiger partial charge on any atom is 0.281 e. The smallest absolute Gasteiger partial charge is 0.195 e. The third kappa shape index (κ3) is 2.53. The summed E-state index contributed by atoms with van der Waals surface area (Å²) in [6.07, 6.45) is 3.80. The van der Waals surface area contributed by atoms with E-state index >= 15 is 0 Å². The van der Waals surface area contributed by atoms with Gasteiger partial charge >= 0.3 is 0 Å². The van der Waals surface area contributed by atoms with Gasteiger partial charge in [0.15, 0.2) is 0 Å². The zero-order valence-corrected chi connectivity index (χ0v) is 11.2. The number of piperidine rings is 1. The van der Waals surface area contributed by atoms with Crippen LogP contribution in [0.2, 0.25) is 0 Å². The minimum Gasteiger partial charge on any atom is -0.195 e. The first-order valence-electron chi connectivity index (χ1n) is 5.84. The van der Waals surface area contributed by atoms with Crippen molar-refractivity contribution < 1.29 is 8.42 Å². The molecule has 0 spiro atoms. The zero-order valence-electron chi connectivity index (χ0n) is 9.60. The van der Waals surface area contributed by atoms with E-state index in [9.17, 15) is 8.42 Å². The summed E-state index contributed by atoms with van der Waals surface area (Å²) in [5.41, 5.74) is 0. The van der Waals surface area contributed by atoms with E-state index in [2.05, 4.69) is 0 Å². The lowest BCUT2D eigenvalue weighted by Gasteiger charge is -2.33. The van der Waals surface area contributed by atoms with E-state index in [0.717, 1.165) is 25.7 Å². The van der Waals surface area contributed by atoms with Gasteiger partial charge in [0, 0.05) is 32.1 Å². The predicted molar refractivity (Wildman–Crippen MR) is 64.7 cm³/mol. The number of hydrogen-bond acceptors (Lipinski definition) is 2. The second-order valence-corrected chi connectivity index (χ2v) is 7.05. The number of halogens is 1. The van der Waals surface area contributed by atoms with Crippen LogP contribution in [0.3, 0.4) is 0 Å². The van der Waals surface area contributed by atoms with Crippen molar-refractivity contribution in [2.75, 3.05) is 26.0 Å². The van der Waals surface area contributed by atoms with Crippen molar-refractivity contribution in [1.29, 1.82) is 0 Å². The zero-order chi connectivity index (χ0) is 11.8. The molecule has 1 heterocycles. The molecular weight excluding hydrogens is 248 g/mol. The molecule has 0 bridgehead atoms. The fourth-order valence-electron chi connectivity index (χ4n) is 2.10. The standard InChI is InChI=1S/C10H19ClN2O2S/c1-12(10-2-3-10)16(14,15)13-6-4-9(8-11)5-7-13/h9-10H,2-8H2,1H3. The molecule has 0 aromatic carbocycles. The molecule has 4 nitrogen and oxygen atoms in total. The van der Waals surface area contributed by atoms with Crippen LogP contribution >= 0.6 is 11.6 Å². The van der Waals surface area contributed by atoms with Crippen LogP contribution in [-0.4, -0.2) is 49.1 Å². The van der Waals surface area contributed by atoms with Crippen molar-refractivity contribution in [2.45, 2.75) is 31.7 Å². The lowest BCUT2D eigenvalue weighted by molar-refractivity contribution is 0.271. The second-order valence-electron chi connectivity index (χ2n) is 4.75. The highest BCUT2D eigenvalue weighted by Crippen LogP contribution is 2.30. The summed E-state index contributed by atoms with van der Waals surface area (Å²) in [6, 6.07) is 0.246. The van der Waals surface area contributed by atoms with E-state index in [4.69, 9.17) is 11.6 Å². The Hall–Kier alpha value is 0.160. The Balaban J connectivity index is 1.96. The summed E-state index contributed by atoms with van der Waals surface area (Å²) in [4.78, 5) is 0. The van der Waals surface area contributed by atoms with Gasteiger partial charge in [-0.1, -0.05) is 0 Å². The number of nitrogens with zero attached hydrogens (tertiary/aromatic N) is 2. The Bertz CT molecular complexity index is 335. The molecule has 0 amide bonds. The van der Waals surface area contributed by atoms with Crippen molar-refractivity contribution in [2.24, 2.45) is 5.92 Å². The van der Waals surface area contributed by atoms with E-state index in [1.165, 1.54) is 4.31 Å². The third-order valence-corrected chi connectivity index (χ3v) is 6.02. The molecule has 2 rings (SSSR count). The highest BCUT2D eigenvalue weighted by molar-refractivity contribution is 7.86. The molecule has 0 atom stereocenters. The van der Waals surface area contributed by atoms with Crippen LogP contribution in [0.1, 0.15) is 25.7 Å². The van der Waals surface area contributed by atoms with Crippen molar-refractivity contribution >= 4 is 21.8 Å². The van der Waals surface area contributed by atoms with Crippen LogP contribution in [0.5, 0.6) is 0 Å². The fourth-order valence-corrected chi connectivity index (χ4v) is 4.04. The topological polar surface area (TPSA) is 40.6 Å². The van der Waals surface area contributed by atoms with Crippen LogP contribution in [0.4, 0.5) is 0 Å². The summed E-state index contributed by atoms with van der Waals surface area (Å²) < 4.78 is 27.5. The first-order chi connectivity index (χ1) is 7.55. The maximum atomic E-state index is 12.2. The largest absolute Gasteiger partial charge is 0.281 e. The van der Waals surface area contributed by atoms with Gasteiger partial charge in [-0.2, -0.15) is 17.0 Å². The molecule has 1 saturated carbocycles. The van der Waals surface area contributed by atoms with Crippen LogP contribution in [0, 0.1) is 5.92 Å². The molecule has 0 radical (unpaired) electrons. The lowest BCUT2D eigenvalue weighted by Crippen LogP contribution is -2.46. The van der Waals surface area contributed by atoms with Crippen molar-refractivity contribution in [3.63, 3.8) is 0 Å². The van der Waals surface area contributed by atoms with E-state index in [-0.39, 0.29) is 6.04 Å². The molecule has 0 N–H and O–H groups in total. The van der Waals surface area contributed by atoms with Gasteiger partial charge in [0.2, 0.25) is 0 Å². The van der Waals surface area contributed by atoms with Crippen molar-refractivity contribution in [3.05, 3.63) is 0 Å². The van der Waals surface area contributed by atoms with Crippen LogP contribution in [0.25, 0.3) is 0 Å². The Kier molecular flexibility index (Phi) is 3.79. The molecule has 1 aliphatic heterocycles. The highest BCUT2D eigenvalue weighted by Gasteiger charge is 2.38. The summed E-state index contributed by atoms with van der Waals surface area (Å²) in [6.45, 7) is 1.24. The first kappa shape index (κ1) is 12.6. The van der Waals surface area contributed by atoms with Crippen molar-refractivity contribution in [1.82, 2.24) is 8.61 Å². The molecule has 6 heteroatoms. The quantitative estimate of drug-likeness (QED) is 0.719. The van der Waals surface area contributed by atoms with E-state index in [0.29, 0.717) is 24.9 Å².